The molecule has 1 aliphatic carbocycles. The minimum atomic E-state index is -0.228. The molecule has 0 aromatic carbocycles. The number of hydrogen-bond donors (Lipinski definition) is 1. The van der Waals surface area contributed by atoms with Gasteiger partial charge in [-0.2, -0.15) is 0 Å². The van der Waals surface area contributed by atoms with Crippen LogP contribution >= 0.6 is 0 Å². The number of rotatable bonds is 4. The number of nitrogens with two attached hydrogens (primary N) is 1. The van der Waals surface area contributed by atoms with Crippen molar-refractivity contribution in [1.29, 1.82) is 0 Å². The molecule has 4 heteroatoms. The van der Waals surface area contributed by atoms with Crippen molar-refractivity contribution in [2.75, 3.05) is 33.4 Å². The molecule has 1 saturated carbocycles. The second-order valence-electron chi connectivity index (χ2n) is 5.88. The highest BCUT2D eigenvalue weighted by Gasteiger charge is 2.42. The van der Waals surface area contributed by atoms with Crippen molar-refractivity contribution in [3.8, 4) is 0 Å². The molecule has 104 valence electrons. The quantitative estimate of drug-likeness (QED) is 0.825. The number of carbonyl (C=O) groups is 1. The number of methoxy groups -OCH3 is 1. The minimum absolute atomic E-state index is 0.228. The van der Waals surface area contributed by atoms with Gasteiger partial charge in [-0.05, 0) is 31.6 Å². The van der Waals surface area contributed by atoms with Crippen molar-refractivity contribution in [1.82, 2.24) is 4.90 Å². The van der Waals surface area contributed by atoms with E-state index in [1.165, 1.54) is 0 Å². The minimum Gasteiger partial charge on any atom is -0.384 e. The van der Waals surface area contributed by atoms with E-state index in [1.807, 2.05) is 4.90 Å². The van der Waals surface area contributed by atoms with Gasteiger partial charge in [0.15, 0.2) is 0 Å². The molecule has 1 saturated heterocycles. The summed E-state index contributed by atoms with van der Waals surface area (Å²) in [5.74, 6) is 0.940. The molecule has 0 spiro atoms. The molecule has 0 unspecified atom stereocenters. The van der Waals surface area contributed by atoms with E-state index in [9.17, 15) is 4.79 Å². The summed E-state index contributed by atoms with van der Waals surface area (Å²) in [6.45, 7) is 3.11. The highest BCUT2D eigenvalue weighted by molar-refractivity contribution is 5.83. The summed E-state index contributed by atoms with van der Waals surface area (Å²) >= 11 is 0. The van der Waals surface area contributed by atoms with Crippen LogP contribution in [0, 0.1) is 11.3 Å². The lowest BCUT2D eigenvalue weighted by molar-refractivity contribution is -0.143. The molecule has 2 N–H and O–H groups in total. The highest BCUT2D eigenvalue weighted by Crippen LogP contribution is 2.39. The SMILES string of the molecule is COCC1CCN(C(=O)C2(CN)CCCC2)CC1. The normalized spacial score (nSPS) is 24.4. The average molecular weight is 254 g/mol. The van der Waals surface area contributed by atoms with Crippen LogP contribution in [0.15, 0.2) is 0 Å². The zero-order valence-corrected chi connectivity index (χ0v) is 11.5. The summed E-state index contributed by atoms with van der Waals surface area (Å²) < 4.78 is 5.19. The molecule has 0 atom stereocenters. The van der Waals surface area contributed by atoms with Crippen LogP contribution in [0.5, 0.6) is 0 Å². The van der Waals surface area contributed by atoms with Crippen molar-refractivity contribution >= 4 is 5.91 Å². The van der Waals surface area contributed by atoms with E-state index in [0.717, 1.165) is 58.2 Å². The summed E-state index contributed by atoms with van der Waals surface area (Å²) in [4.78, 5) is 14.7. The van der Waals surface area contributed by atoms with Crippen LogP contribution < -0.4 is 5.73 Å². The van der Waals surface area contributed by atoms with Crippen molar-refractivity contribution in [3.63, 3.8) is 0 Å². The van der Waals surface area contributed by atoms with Gasteiger partial charge in [-0.1, -0.05) is 12.8 Å². The predicted octanol–water partition coefficient (Wildman–Crippen LogP) is 1.39. The van der Waals surface area contributed by atoms with Gasteiger partial charge in [-0.25, -0.2) is 0 Å². The van der Waals surface area contributed by atoms with Gasteiger partial charge in [-0.15, -0.1) is 0 Å². The molecular formula is C14H26N2O2. The van der Waals surface area contributed by atoms with E-state index in [-0.39, 0.29) is 5.41 Å². The first-order chi connectivity index (χ1) is 8.72. The molecule has 18 heavy (non-hydrogen) atoms. The fraction of sp³-hybridized carbons (Fsp3) is 0.929. The molecule has 4 nitrogen and oxygen atoms in total. The zero-order valence-electron chi connectivity index (χ0n) is 11.5. The van der Waals surface area contributed by atoms with E-state index in [0.29, 0.717) is 18.4 Å². The molecule has 2 fully saturated rings. The Hall–Kier alpha value is -0.610. The largest absolute Gasteiger partial charge is 0.384 e. The molecule has 0 aromatic heterocycles. The van der Waals surface area contributed by atoms with Crippen LogP contribution in [-0.2, 0) is 9.53 Å². The van der Waals surface area contributed by atoms with Gasteiger partial charge in [0.05, 0.1) is 5.41 Å². The number of likely N-dealkylation sites (tertiary alicyclic amines) is 1. The second-order valence-corrected chi connectivity index (χ2v) is 5.88. The maximum absolute atomic E-state index is 12.6. The number of ether oxygens (including phenoxy) is 1. The zero-order chi connectivity index (χ0) is 13.0. The Balaban J connectivity index is 1.90. The molecule has 2 rings (SSSR count). The fourth-order valence-corrected chi connectivity index (χ4v) is 3.43. The smallest absolute Gasteiger partial charge is 0.230 e. The van der Waals surface area contributed by atoms with Crippen LogP contribution in [0.3, 0.4) is 0 Å². The van der Waals surface area contributed by atoms with Crippen LogP contribution in [0.4, 0.5) is 0 Å². The molecule has 1 heterocycles. The van der Waals surface area contributed by atoms with Crippen LogP contribution in [0.1, 0.15) is 38.5 Å². The lowest BCUT2D eigenvalue weighted by Crippen LogP contribution is -2.49. The van der Waals surface area contributed by atoms with Gasteiger partial charge in [-0.3, -0.25) is 4.79 Å². The van der Waals surface area contributed by atoms with Crippen LogP contribution in [-0.4, -0.2) is 44.2 Å². The van der Waals surface area contributed by atoms with E-state index < -0.39 is 0 Å². The Kier molecular flexibility index (Phi) is 4.62. The highest BCUT2D eigenvalue weighted by atomic mass is 16.5. The van der Waals surface area contributed by atoms with Gasteiger partial charge in [0.1, 0.15) is 0 Å². The third-order valence-electron chi connectivity index (χ3n) is 4.71. The number of piperidine rings is 1. The second kappa shape index (κ2) is 6.02. The lowest BCUT2D eigenvalue weighted by Gasteiger charge is -2.37. The summed E-state index contributed by atoms with van der Waals surface area (Å²) in [5, 5.41) is 0. The third kappa shape index (κ3) is 2.69. The van der Waals surface area contributed by atoms with E-state index in [4.69, 9.17) is 10.5 Å². The van der Waals surface area contributed by atoms with Crippen molar-refractivity contribution in [2.45, 2.75) is 38.5 Å². The van der Waals surface area contributed by atoms with E-state index >= 15 is 0 Å². The van der Waals surface area contributed by atoms with Gasteiger partial charge in [0, 0.05) is 33.4 Å². The predicted molar refractivity (Wildman–Crippen MR) is 71.1 cm³/mol. The number of nitrogens with zero attached hydrogens (tertiary/aromatic N) is 1. The lowest BCUT2D eigenvalue weighted by atomic mass is 9.83. The average Bonchev–Trinajstić information content (AvgIpc) is 2.89. The molecule has 0 aromatic rings. The van der Waals surface area contributed by atoms with Crippen molar-refractivity contribution < 1.29 is 9.53 Å². The first-order valence-corrected chi connectivity index (χ1v) is 7.20. The summed E-state index contributed by atoms with van der Waals surface area (Å²) in [6.07, 6.45) is 6.42. The molecule has 0 bridgehead atoms. The molecule has 0 radical (unpaired) electrons. The number of hydrogen-bond acceptors (Lipinski definition) is 3. The Morgan fingerprint density at radius 3 is 2.44 bits per heavy atom. The van der Waals surface area contributed by atoms with Crippen molar-refractivity contribution in [3.05, 3.63) is 0 Å². The summed E-state index contributed by atoms with van der Waals surface area (Å²) in [5.41, 5.74) is 5.66. The third-order valence-corrected chi connectivity index (χ3v) is 4.71. The topological polar surface area (TPSA) is 55.6 Å². The van der Waals surface area contributed by atoms with Crippen LogP contribution in [0.2, 0.25) is 0 Å². The summed E-state index contributed by atoms with van der Waals surface area (Å²) in [6, 6.07) is 0. The van der Waals surface area contributed by atoms with E-state index in [2.05, 4.69) is 0 Å². The van der Waals surface area contributed by atoms with E-state index in [1.54, 1.807) is 7.11 Å². The van der Waals surface area contributed by atoms with Gasteiger partial charge in [0.2, 0.25) is 5.91 Å². The van der Waals surface area contributed by atoms with Crippen LogP contribution in [0.25, 0.3) is 0 Å². The molecular weight excluding hydrogens is 228 g/mol. The van der Waals surface area contributed by atoms with Crippen molar-refractivity contribution in [2.24, 2.45) is 17.1 Å². The molecule has 1 amide bonds. The summed E-state index contributed by atoms with van der Waals surface area (Å²) in [7, 11) is 1.75. The molecule has 1 aliphatic heterocycles. The Bertz CT molecular complexity index is 280. The maximum Gasteiger partial charge on any atom is 0.230 e. The monoisotopic (exact) mass is 254 g/mol. The standard InChI is InChI=1S/C14H26N2O2/c1-18-10-12-4-8-16(9-5-12)13(17)14(11-15)6-2-3-7-14/h12H,2-11,15H2,1H3. The van der Waals surface area contributed by atoms with Gasteiger partial charge in [0.25, 0.3) is 0 Å². The van der Waals surface area contributed by atoms with Gasteiger partial charge >= 0.3 is 0 Å². The Labute approximate surface area is 110 Å². The van der Waals surface area contributed by atoms with Gasteiger partial charge < -0.3 is 15.4 Å². The first-order valence-electron chi connectivity index (χ1n) is 7.20. The Morgan fingerprint density at radius 2 is 1.94 bits per heavy atom. The Morgan fingerprint density at radius 1 is 1.33 bits per heavy atom. The molecule has 2 aliphatic rings. The first kappa shape index (κ1) is 13.8. The maximum atomic E-state index is 12.6. The number of amides is 1. The fourth-order valence-electron chi connectivity index (χ4n) is 3.43. The number of carbonyl (C=O) groups excluding carboxylic acids is 1.